The van der Waals surface area contributed by atoms with Crippen LogP contribution in [-0.2, 0) is 179 Å². The molecule has 5 saturated heterocycles. The van der Waals surface area contributed by atoms with Gasteiger partial charge in [0.1, 0.15) is 91.6 Å². The summed E-state index contributed by atoms with van der Waals surface area (Å²) >= 11 is 0. The van der Waals surface area contributed by atoms with Crippen molar-refractivity contribution < 1.29 is 208 Å². The SMILES string of the molecule is CO[C@H]1O[C@H](CCS(=O)(=O)[O-])[C@@H](O[C@@H]2O[C@@H](C(=O)[O-])[C@@H](O[C@H]3O[C@H](CCS(=O)(=O)[O-])[C@@H](O[C@@H]4O[C@H](C(=O)[O-])[C@@H](O[C@H]5O[C@H](CCS(=O)(=O)[O-])[C@@H](OC)[C@H](OC)[C@H]5OC)[C@H](OC)[C@H]4OC)[C@H](OS(=O)(=O)[O-])[C@H]3OS(=O)(=O)[O-])[C@H](OC)[C@H]2OC)[C@H](OS(=O)(=O)[O-])[C@H]1OS(=O)(=O)[O-]. The summed E-state index contributed by atoms with van der Waals surface area (Å²) in [5.41, 5.74) is 0. The zero-order valence-electron chi connectivity index (χ0n) is 49.3. The smallest absolute Gasteiger partial charge is 0.218 e. The van der Waals surface area contributed by atoms with Crippen LogP contribution in [0.25, 0.3) is 0 Å². The molecule has 0 aliphatic carbocycles. The molecule has 0 bridgehead atoms. The minimum absolute atomic E-state index is 0.597. The summed E-state index contributed by atoms with van der Waals surface area (Å²) in [6.45, 7) is 0. The summed E-state index contributed by atoms with van der Waals surface area (Å²) in [7, 11) is -33.8. The van der Waals surface area contributed by atoms with Crippen LogP contribution in [0.2, 0.25) is 0 Å². The topological polar surface area (TPSA) is 674 Å². The Morgan fingerprint density at radius 1 is 0.287 bits per heavy atom. The monoisotopic (exact) mass is 1510 g/mol. The van der Waals surface area contributed by atoms with Gasteiger partial charge in [-0.2, -0.15) is 0 Å². The second-order valence-electron chi connectivity index (χ2n) is 20.2. The van der Waals surface area contributed by atoms with Gasteiger partial charge in [-0.25, -0.2) is 58.9 Å². The number of ether oxygens (including phenoxy) is 17. The Kier molecular flexibility index (Phi) is 29.1. The van der Waals surface area contributed by atoms with Crippen molar-refractivity contribution in [1.29, 1.82) is 0 Å². The van der Waals surface area contributed by atoms with E-state index in [1.807, 2.05) is 0 Å². The highest BCUT2D eigenvalue weighted by Crippen LogP contribution is 2.42. The van der Waals surface area contributed by atoms with Crippen molar-refractivity contribution in [2.45, 2.75) is 173 Å². The average Bonchev–Trinajstić information content (AvgIpc) is 0.763. The summed E-state index contributed by atoms with van der Waals surface area (Å²) in [5, 5.41) is 26.3. The molecular weight excluding hydrogens is 1450 g/mol. The standard InChI is InChI=1S/C41H70O46S7/c1-67-18-15(9-12-88(46,47)48)76-38(30(71-5)21(18)68-2)80-24-22(69-3)31(72-6)40(82-28(24)35(42)43)79-20-17(11-14-90(52,53)54)77-41(34(87-94(64,65)66)27(20)85-92(58,59)60)81-25-23(70-4)32(73-7)39(83-29(25)36(44)45)78-19-16(10-13-89(49,50)51)75-37(74-8)33(86-93(61,62)63)26(19)84-91(55,56)57/h15-34,37-41H,9-14H2,1-8H3,(H,42,43)(H,44,45)(H,46,47,48)(H,49,50,51)(H,52,53,54)(H,55,56,57)(H,58,59,60)(H,61,62,63)(H,64,65,66)/p-9/t15-,16-,17-,18-,19-,20-,21+,22+,23+,24+,25+,26+,27+,28+,29-,30-,31-,32-,33-,34-,37+,38-,39-,40-,41-/m1/s1. The van der Waals surface area contributed by atoms with Crippen LogP contribution in [0.5, 0.6) is 0 Å². The van der Waals surface area contributed by atoms with Crippen molar-refractivity contribution in [3.8, 4) is 0 Å². The van der Waals surface area contributed by atoms with Crippen molar-refractivity contribution in [3.63, 3.8) is 0 Å². The number of methoxy groups -OCH3 is 8. The van der Waals surface area contributed by atoms with E-state index in [4.69, 9.17) is 80.5 Å². The third kappa shape index (κ3) is 22.7. The lowest BCUT2D eigenvalue weighted by Gasteiger charge is -2.52. The Morgan fingerprint density at radius 2 is 0.521 bits per heavy atom. The molecule has 552 valence electrons. The van der Waals surface area contributed by atoms with Gasteiger partial charge in [-0.3, -0.25) is 16.7 Å². The molecule has 0 aromatic carbocycles. The van der Waals surface area contributed by atoms with Gasteiger partial charge in [-0.1, -0.05) is 0 Å². The van der Waals surface area contributed by atoms with E-state index in [-0.39, 0.29) is 0 Å². The maximum Gasteiger partial charge on any atom is 0.218 e. The van der Waals surface area contributed by atoms with Gasteiger partial charge in [0.2, 0.25) is 41.6 Å². The number of rotatable bonds is 35. The number of carboxylic acids is 2. The molecule has 46 nitrogen and oxygen atoms in total. The van der Waals surface area contributed by atoms with Crippen LogP contribution < -0.4 is 10.2 Å². The second kappa shape index (κ2) is 33.3. The predicted octanol–water partition coefficient (Wildman–Crippen LogP) is -11.4. The fourth-order valence-corrected chi connectivity index (χ4v) is 14.3. The van der Waals surface area contributed by atoms with Crippen LogP contribution in [-0.4, -0.2) is 330 Å². The predicted molar refractivity (Wildman–Crippen MR) is 271 cm³/mol. The van der Waals surface area contributed by atoms with Gasteiger partial charge in [0, 0.05) is 74.1 Å². The van der Waals surface area contributed by atoms with Gasteiger partial charge < -0.3 is 132 Å². The third-order valence-electron chi connectivity index (χ3n) is 14.4. The van der Waals surface area contributed by atoms with Gasteiger partial charge in [0.05, 0.1) is 60.6 Å². The fourth-order valence-electron chi connectivity index (χ4n) is 10.8. The van der Waals surface area contributed by atoms with Gasteiger partial charge >= 0.3 is 0 Å². The first-order valence-electron chi connectivity index (χ1n) is 26.2. The van der Waals surface area contributed by atoms with Gasteiger partial charge in [0.25, 0.3) is 0 Å². The molecule has 0 radical (unpaired) electrons. The Hall–Kier alpha value is -2.53. The van der Waals surface area contributed by atoms with E-state index >= 15 is 0 Å². The van der Waals surface area contributed by atoms with Crippen molar-refractivity contribution >= 4 is 83.9 Å². The highest BCUT2D eigenvalue weighted by atomic mass is 32.3. The highest BCUT2D eigenvalue weighted by Gasteiger charge is 2.61. The first-order valence-corrected chi connectivity index (χ1v) is 36.2. The Balaban J connectivity index is 1.63. The molecule has 0 unspecified atom stereocenters. The zero-order valence-corrected chi connectivity index (χ0v) is 55.0. The van der Waals surface area contributed by atoms with Gasteiger partial charge in [-0.15, -0.1) is 0 Å². The number of aliphatic carboxylic acids is 2. The molecule has 0 aromatic rings. The summed E-state index contributed by atoms with van der Waals surface area (Å²) in [5.74, 6) is -8.99. The number of hydrogen-bond acceptors (Lipinski definition) is 46. The molecule has 0 spiro atoms. The van der Waals surface area contributed by atoms with E-state index in [9.17, 15) is 111 Å². The zero-order chi connectivity index (χ0) is 71.2. The third-order valence-corrected chi connectivity index (χ3v) is 18.4. The maximum absolute atomic E-state index is 13.2. The van der Waals surface area contributed by atoms with Gasteiger partial charge in [-0.05, 0) is 19.3 Å². The van der Waals surface area contributed by atoms with E-state index in [1.54, 1.807) is 0 Å². The quantitative estimate of drug-likeness (QED) is 0.0420. The largest absolute Gasteiger partial charge is 0.748 e. The number of carboxylic acid groups (broad SMARTS) is 2. The summed E-state index contributed by atoms with van der Waals surface area (Å²) in [6.07, 6.45) is -62.3. The molecule has 5 aliphatic heterocycles. The number of carbonyl (C=O) groups excluding carboxylic acids is 2. The minimum Gasteiger partial charge on any atom is -0.748 e. The Labute approximate surface area is 536 Å². The fraction of sp³-hybridized carbons (Fsp3) is 0.951. The van der Waals surface area contributed by atoms with Crippen LogP contribution >= 0.6 is 0 Å². The number of hydrogen-bond donors (Lipinski definition) is 0. The summed E-state index contributed by atoms with van der Waals surface area (Å²) in [6, 6.07) is 0. The van der Waals surface area contributed by atoms with E-state index in [0.29, 0.717) is 21.3 Å². The Bertz CT molecular complexity index is 3340. The van der Waals surface area contributed by atoms with E-state index in [1.165, 1.54) is 0 Å². The first kappa shape index (κ1) is 82.1. The number of carbonyl (C=O) groups is 2. The van der Waals surface area contributed by atoms with E-state index < -0.39 is 274 Å². The second-order valence-corrected chi connectivity index (χ2v) is 28.8. The molecule has 94 heavy (non-hydrogen) atoms. The normalized spacial score (nSPS) is 37.6. The van der Waals surface area contributed by atoms with Crippen LogP contribution in [0, 0.1) is 0 Å². The molecule has 5 heterocycles. The van der Waals surface area contributed by atoms with E-state index in [2.05, 4.69) is 16.7 Å². The van der Waals surface area contributed by atoms with Gasteiger partial charge in [0.15, 0.2) is 43.7 Å². The molecule has 53 heteroatoms. The van der Waals surface area contributed by atoms with Crippen LogP contribution in [0.1, 0.15) is 19.3 Å². The van der Waals surface area contributed by atoms with Crippen molar-refractivity contribution in [3.05, 3.63) is 0 Å². The molecule has 5 aliphatic rings. The molecular formula is C41H61O46S7-9. The van der Waals surface area contributed by atoms with Crippen LogP contribution in [0.4, 0.5) is 0 Å². The molecule has 25 atom stereocenters. The van der Waals surface area contributed by atoms with Crippen LogP contribution in [0.15, 0.2) is 0 Å². The lowest BCUT2D eigenvalue weighted by atomic mass is 9.94. The lowest BCUT2D eigenvalue weighted by Crippen LogP contribution is -2.70. The lowest BCUT2D eigenvalue weighted by molar-refractivity contribution is -0.399. The highest BCUT2D eigenvalue weighted by molar-refractivity contribution is 7.86. The van der Waals surface area contributed by atoms with Crippen molar-refractivity contribution in [1.82, 2.24) is 0 Å². The minimum atomic E-state index is -6.46. The molecule has 0 saturated carbocycles. The molecule has 0 amide bonds. The maximum atomic E-state index is 13.2. The average molecular weight is 1510 g/mol. The van der Waals surface area contributed by atoms with E-state index in [0.717, 1.165) is 35.5 Å². The van der Waals surface area contributed by atoms with Crippen LogP contribution in [0.3, 0.4) is 0 Å². The summed E-state index contributed by atoms with van der Waals surface area (Å²) < 4.78 is 369. The molecule has 5 fully saturated rings. The Morgan fingerprint density at radius 3 is 0.787 bits per heavy atom. The first-order chi connectivity index (χ1) is 43.2. The summed E-state index contributed by atoms with van der Waals surface area (Å²) in [4.78, 5) is 26.3. The van der Waals surface area contributed by atoms with Crippen molar-refractivity contribution in [2.24, 2.45) is 0 Å². The molecule has 5 rings (SSSR count). The van der Waals surface area contributed by atoms with Crippen molar-refractivity contribution in [2.75, 3.05) is 74.1 Å². The molecule has 0 aromatic heterocycles. The molecule has 0 N–H and O–H groups in total.